The van der Waals surface area contributed by atoms with Gasteiger partial charge < -0.3 is 10.6 Å². The number of rotatable bonds is 3. The van der Waals surface area contributed by atoms with Gasteiger partial charge in [0.05, 0.1) is 16.3 Å². The van der Waals surface area contributed by atoms with E-state index in [1.165, 1.54) is 12.1 Å². The van der Waals surface area contributed by atoms with Gasteiger partial charge in [-0.05, 0) is 19.9 Å². The van der Waals surface area contributed by atoms with Crippen molar-refractivity contribution in [2.45, 2.75) is 19.9 Å². The van der Waals surface area contributed by atoms with Crippen LogP contribution in [0, 0.1) is 10.1 Å². The second-order valence-electron chi connectivity index (χ2n) is 5.12. The van der Waals surface area contributed by atoms with Crippen molar-refractivity contribution in [3.05, 3.63) is 28.3 Å². The predicted molar refractivity (Wildman–Crippen MR) is 76.4 cm³/mol. The number of anilines is 2. The van der Waals surface area contributed by atoms with Crippen LogP contribution in [0.15, 0.2) is 18.2 Å². The molecule has 19 heavy (non-hydrogen) atoms. The van der Waals surface area contributed by atoms with E-state index in [0.29, 0.717) is 11.7 Å². The highest BCUT2D eigenvalue weighted by molar-refractivity contribution is 5.70. The Balaban J connectivity index is 2.09. The first-order valence-electron chi connectivity index (χ1n) is 6.52. The molecule has 1 aromatic carbocycles. The summed E-state index contributed by atoms with van der Waals surface area (Å²) in [5.41, 5.74) is 7.34. The van der Waals surface area contributed by atoms with Gasteiger partial charge in [0.2, 0.25) is 0 Å². The molecule has 2 rings (SSSR count). The lowest BCUT2D eigenvalue weighted by Gasteiger charge is -2.38. The molecule has 0 atom stereocenters. The molecule has 6 nitrogen and oxygen atoms in total. The lowest BCUT2D eigenvalue weighted by molar-refractivity contribution is -0.384. The number of piperazine rings is 1. The van der Waals surface area contributed by atoms with Crippen molar-refractivity contribution in [2.24, 2.45) is 0 Å². The van der Waals surface area contributed by atoms with Gasteiger partial charge in [-0.3, -0.25) is 15.0 Å². The van der Waals surface area contributed by atoms with Crippen LogP contribution in [0.5, 0.6) is 0 Å². The van der Waals surface area contributed by atoms with Gasteiger partial charge in [0.1, 0.15) is 0 Å². The molecule has 1 aliphatic heterocycles. The van der Waals surface area contributed by atoms with Gasteiger partial charge in [-0.2, -0.15) is 0 Å². The molecular formula is C13H20N4O2. The van der Waals surface area contributed by atoms with E-state index in [9.17, 15) is 10.1 Å². The molecule has 0 bridgehead atoms. The molecule has 1 heterocycles. The molecule has 0 unspecified atom stereocenters. The summed E-state index contributed by atoms with van der Waals surface area (Å²) in [5, 5.41) is 10.7. The van der Waals surface area contributed by atoms with Crippen molar-refractivity contribution >= 4 is 17.1 Å². The Bertz CT molecular complexity index is 468. The minimum Gasteiger partial charge on any atom is -0.397 e. The first-order valence-corrected chi connectivity index (χ1v) is 6.52. The quantitative estimate of drug-likeness (QED) is 0.511. The molecule has 0 spiro atoms. The highest BCUT2D eigenvalue weighted by Crippen LogP contribution is 2.28. The molecule has 104 valence electrons. The van der Waals surface area contributed by atoms with Crippen molar-refractivity contribution < 1.29 is 4.92 Å². The average molecular weight is 264 g/mol. The van der Waals surface area contributed by atoms with Gasteiger partial charge in [0.25, 0.3) is 5.69 Å². The summed E-state index contributed by atoms with van der Waals surface area (Å²) in [6.45, 7) is 8.17. The number of hydrogen-bond acceptors (Lipinski definition) is 5. The fourth-order valence-corrected chi connectivity index (χ4v) is 2.42. The third-order valence-corrected chi connectivity index (χ3v) is 3.61. The summed E-state index contributed by atoms with van der Waals surface area (Å²) in [4.78, 5) is 14.9. The van der Waals surface area contributed by atoms with Crippen molar-refractivity contribution in [1.29, 1.82) is 0 Å². The van der Waals surface area contributed by atoms with Gasteiger partial charge >= 0.3 is 0 Å². The summed E-state index contributed by atoms with van der Waals surface area (Å²) in [6.07, 6.45) is 0. The molecule has 0 aromatic heterocycles. The maximum Gasteiger partial charge on any atom is 0.271 e. The van der Waals surface area contributed by atoms with Crippen LogP contribution in [0.3, 0.4) is 0 Å². The number of nitrogens with zero attached hydrogens (tertiary/aromatic N) is 3. The van der Waals surface area contributed by atoms with E-state index < -0.39 is 4.92 Å². The van der Waals surface area contributed by atoms with Crippen LogP contribution < -0.4 is 10.6 Å². The molecular weight excluding hydrogens is 244 g/mol. The lowest BCUT2D eigenvalue weighted by atomic mass is 10.2. The zero-order chi connectivity index (χ0) is 14.0. The van der Waals surface area contributed by atoms with E-state index in [2.05, 4.69) is 23.6 Å². The molecule has 1 aliphatic rings. The molecule has 0 aliphatic carbocycles. The van der Waals surface area contributed by atoms with Crippen LogP contribution in [-0.4, -0.2) is 42.0 Å². The second-order valence-corrected chi connectivity index (χ2v) is 5.12. The van der Waals surface area contributed by atoms with E-state index in [-0.39, 0.29) is 5.69 Å². The number of nitro groups is 1. The molecule has 1 aromatic rings. The Labute approximate surface area is 112 Å². The Morgan fingerprint density at radius 2 is 1.89 bits per heavy atom. The minimum absolute atomic E-state index is 0.0436. The third kappa shape index (κ3) is 2.96. The van der Waals surface area contributed by atoms with Crippen molar-refractivity contribution in [1.82, 2.24) is 4.90 Å². The third-order valence-electron chi connectivity index (χ3n) is 3.61. The zero-order valence-electron chi connectivity index (χ0n) is 11.4. The highest BCUT2D eigenvalue weighted by atomic mass is 16.6. The number of nitrogens with two attached hydrogens (primary N) is 1. The number of hydrogen-bond donors (Lipinski definition) is 1. The molecule has 1 saturated heterocycles. The van der Waals surface area contributed by atoms with E-state index >= 15 is 0 Å². The molecule has 0 amide bonds. The summed E-state index contributed by atoms with van der Waals surface area (Å²) < 4.78 is 0. The van der Waals surface area contributed by atoms with Crippen LogP contribution in [0.25, 0.3) is 0 Å². The second kappa shape index (κ2) is 5.44. The monoisotopic (exact) mass is 264 g/mol. The van der Waals surface area contributed by atoms with E-state index in [4.69, 9.17) is 5.73 Å². The largest absolute Gasteiger partial charge is 0.397 e. The summed E-state index contributed by atoms with van der Waals surface area (Å²) in [7, 11) is 0. The van der Waals surface area contributed by atoms with E-state index in [1.54, 1.807) is 6.07 Å². The predicted octanol–water partition coefficient (Wildman–Crippen LogP) is 1.71. The fourth-order valence-electron chi connectivity index (χ4n) is 2.42. The molecule has 0 saturated carbocycles. The van der Waals surface area contributed by atoms with E-state index in [0.717, 1.165) is 31.9 Å². The maximum absolute atomic E-state index is 10.7. The first kappa shape index (κ1) is 13.6. The number of non-ortho nitro benzene ring substituents is 1. The molecule has 2 N–H and O–H groups in total. The van der Waals surface area contributed by atoms with Gasteiger partial charge in [-0.1, -0.05) is 0 Å². The molecule has 0 radical (unpaired) electrons. The maximum atomic E-state index is 10.7. The minimum atomic E-state index is -0.420. The average Bonchev–Trinajstić information content (AvgIpc) is 2.38. The van der Waals surface area contributed by atoms with E-state index in [1.807, 2.05) is 0 Å². The van der Waals surface area contributed by atoms with Crippen LogP contribution in [-0.2, 0) is 0 Å². The van der Waals surface area contributed by atoms with Crippen LogP contribution >= 0.6 is 0 Å². The van der Waals surface area contributed by atoms with Crippen molar-refractivity contribution in [3.8, 4) is 0 Å². The SMILES string of the molecule is CC(C)N1CCN(c2ccc([N+](=O)[O-])cc2N)CC1. The van der Waals surface area contributed by atoms with Gasteiger partial charge in [0, 0.05) is 44.4 Å². The smallest absolute Gasteiger partial charge is 0.271 e. The lowest BCUT2D eigenvalue weighted by Crippen LogP contribution is -2.49. The Morgan fingerprint density at radius 3 is 2.37 bits per heavy atom. The number of nitrogen functional groups attached to an aromatic ring is 1. The van der Waals surface area contributed by atoms with Crippen molar-refractivity contribution in [3.63, 3.8) is 0 Å². The number of benzene rings is 1. The zero-order valence-corrected chi connectivity index (χ0v) is 11.4. The molecule has 1 fully saturated rings. The standard InChI is InChI=1S/C13H20N4O2/c1-10(2)15-5-7-16(8-6-15)13-4-3-11(17(18)19)9-12(13)14/h3-4,9-10H,5-8,14H2,1-2H3. The summed E-state index contributed by atoms with van der Waals surface area (Å²) in [5.74, 6) is 0. The number of nitro benzene ring substituents is 1. The van der Waals surface area contributed by atoms with Gasteiger partial charge in [0.15, 0.2) is 0 Å². The Hall–Kier alpha value is -1.82. The van der Waals surface area contributed by atoms with Crippen LogP contribution in [0.4, 0.5) is 17.1 Å². The van der Waals surface area contributed by atoms with Gasteiger partial charge in [-0.25, -0.2) is 0 Å². The van der Waals surface area contributed by atoms with Crippen LogP contribution in [0.2, 0.25) is 0 Å². The highest BCUT2D eigenvalue weighted by Gasteiger charge is 2.21. The van der Waals surface area contributed by atoms with Crippen LogP contribution in [0.1, 0.15) is 13.8 Å². The topological polar surface area (TPSA) is 75.6 Å². The first-order chi connectivity index (χ1) is 8.99. The van der Waals surface area contributed by atoms with Crippen molar-refractivity contribution in [2.75, 3.05) is 36.8 Å². The normalized spacial score (nSPS) is 16.9. The van der Waals surface area contributed by atoms with Gasteiger partial charge in [-0.15, -0.1) is 0 Å². The summed E-state index contributed by atoms with van der Waals surface area (Å²) in [6, 6.07) is 5.25. The Kier molecular flexibility index (Phi) is 3.90. The Morgan fingerprint density at radius 1 is 1.26 bits per heavy atom. The molecule has 6 heteroatoms. The summed E-state index contributed by atoms with van der Waals surface area (Å²) >= 11 is 0. The fraction of sp³-hybridized carbons (Fsp3) is 0.538.